The number of ether oxygens (including phenoxy) is 1. The summed E-state index contributed by atoms with van der Waals surface area (Å²) in [5, 5.41) is 0.422. The van der Waals surface area contributed by atoms with Gasteiger partial charge in [-0.2, -0.15) is 0 Å². The van der Waals surface area contributed by atoms with Gasteiger partial charge in [0.05, 0.1) is 23.3 Å². The van der Waals surface area contributed by atoms with Crippen molar-refractivity contribution in [2.75, 3.05) is 7.11 Å². The highest BCUT2D eigenvalue weighted by Crippen LogP contribution is 2.28. The molecule has 24 heavy (non-hydrogen) atoms. The Morgan fingerprint density at radius 1 is 1.21 bits per heavy atom. The van der Waals surface area contributed by atoms with Crippen molar-refractivity contribution >= 4 is 32.5 Å². The van der Waals surface area contributed by atoms with E-state index in [1.54, 1.807) is 31.3 Å². The molecule has 0 radical (unpaired) electrons. The minimum atomic E-state index is -3.67. The number of aromatic nitrogens is 1. The van der Waals surface area contributed by atoms with Gasteiger partial charge < -0.3 is 9.15 Å². The quantitative estimate of drug-likeness (QED) is 0.708. The van der Waals surface area contributed by atoms with E-state index in [2.05, 4.69) is 0 Å². The molecule has 0 bridgehead atoms. The Morgan fingerprint density at radius 2 is 1.96 bits per heavy atom. The van der Waals surface area contributed by atoms with Crippen molar-refractivity contribution in [3.05, 3.63) is 57.5 Å². The van der Waals surface area contributed by atoms with Crippen LogP contribution in [0.2, 0.25) is 5.02 Å². The summed E-state index contributed by atoms with van der Waals surface area (Å²) in [5.74, 6) is -0.384. The fourth-order valence-corrected chi connectivity index (χ4v) is 4.01. The number of halogens is 1. The normalized spacial score (nSPS) is 11.8. The third-order valence-corrected chi connectivity index (χ3v) is 5.61. The second kappa shape index (κ2) is 5.99. The van der Waals surface area contributed by atoms with Crippen LogP contribution in [0, 0.1) is 0 Å². The number of methoxy groups -OCH3 is 1. The number of nitrogens with zero attached hydrogens (tertiary/aromatic N) is 1. The minimum absolute atomic E-state index is 0.0615. The lowest BCUT2D eigenvalue weighted by Gasteiger charge is -2.10. The monoisotopic (exact) mass is 367 g/mol. The summed E-state index contributed by atoms with van der Waals surface area (Å²) in [7, 11) is -0.651. The highest BCUT2D eigenvalue weighted by Gasteiger charge is 2.20. The van der Waals surface area contributed by atoms with Gasteiger partial charge in [0, 0.05) is 23.7 Å². The Bertz CT molecular complexity index is 1080. The molecule has 3 rings (SSSR count). The highest BCUT2D eigenvalue weighted by molar-refractivity contribution is 7.90. The zero-order valence-electron chi connectivity index (χ0n) is 12.9. The lowest BCUT2D eigenvalue weighted by atomic mass is 10.2. The van der Waals surface area contributed by atoms with Gasteiger partial charge in [-0.3, -0.25) is 4.57 Å². The van der Waals surface area contributed by atoms with Gasteiger partial charge in [-0.15, -0.1) is 0 Å². The minimum Gasteiger partial charge on any atom is -0.496 e. The lowest BCUT2D eigenvalue weighted by Crippen LogP contribution is -2.08. The Balaban J connectivity index is 2.05. The van der Waals surface area contributed by atoms with Crippen LogP contribution in [-0.4, -0.2) is 20.1 Å². The van der Waals surface area contributed by atoms with Crippen LogP contribution in [0.25, 0.3) is 11.1 Å². The number of rotatable bonds is 4. The molecular formula is C16H14ClNO5S. The molecule has 1 aromatic heterocycles. The van der Waals surface area contributed by atoms with E-state index in [4.69, 9.17) is 20.8 Å². The standard InChI is InChI=1S/C16H14ClNO5S/c1-18-13-5-4-12(8-15(13)23-16(18)19)24(20,21)9-10-7-11(17)3-6-14(10)22-2/h3-8H,9H2,1-2H3. The van der Waals surface area contributed by atoms with Gasteiger partial charge in [0.15, 0.2) is 15.4 Å². The summed E-state index contributed by atoms with van der Waals surface area (Å²) in [5.41, 5.74) is 1.21. The summed E-state index contributed by atoms with van der Waals surface area (Å²) in [6.07, 6.45) is 0. The van der Waals surface area contributed by atoms with E-state index in [-0.39, 0.29) is 16.2 Å². The second-order valence-electron chi connectivity index (χ2n) is 5.27. The lowest BCUT2D eigenvalue weighted by molar-refractivity contribution is 0.411. The molecule has 3 aromatic rings. The van der Waals surface area contributed by atoms with E-state index in [0.29, 0.717) is 21.9 Å². The zero-order chi connectivity index (χ0) is 17.5. The van der Waals surface area contributed by atoms with Crippen LogP contribution in [0.15, 0.2) is 50.5 Å². The van der Waals surface area contributed by atoms with E-state index >= 15 is 0 Å². The zero-order valence-corrected chi connectivity index (χ0v) is 14.5. The predicted molar refractivity (Wildman–Crippen MR) is 90.3 cm³/mol. The fourth-order valence-electron chi connectivity index (χ4n) is 2.46. The maximum Gasteiger partial charge on any atom is 0.419 e. The van der Waals surface area contributed by atoms with Crippen molar-refractivity contribution in [2.45, 2.75) is 10.6 Å². The van der Waals surface area contributed by atoms with E-state index in [1.807, 2.05) is 0 Å². The van der Waals surface area contributed by atoms with Gasteiger partial charge in [0.1, 0.15) is 5.75 Å². The molecular weight excluding hydrogens is 354 g/mol. The van der Waals surface area contributed by atoms with Crippen LogP contribution in [0.1, 0.15) is 5.56 Å². The first-order valence-electron chi connectivity index (χ1n) is 6.96. The van der Waals surface area contributed by atoms with Crippen molar-refractivity contribution < 1.29 is 17.6 Å². The fraction of sp³-hybridized carbons (Fsp3) is 0.188. The summed E-state index contributed by atoms with van der Waals surface area (Å²) in [6.45, 7) is 0. The summed E-state index contributed by atoms with van der Waals surface area (Å²) < 4.78 is 36.9. The molecule has 0 atom stereocenters. The van der Waals surface area contributed by atoms with Gasteiger partial charge in [-0.1, -0.05) is 11.6 Å². The van der Waals surface area contributed by atoms with E-state index in [0.717, 1.165) is 0 Å². The number of sulfone groups is 1. The van der Waals surface area contributed by atoms with Crippen molar-refractivity contribution in [1.82, 2.24) is 4.57 Å². The van der Waals surface area contributed by atoms with Gasteiger partial charge in [0.25, 0.3) is 0 Å². The summed E-state index contributed by atoms with van der Waals surface area (Å²) in [4.78, 5) is 11.6. The number of benzene rings is 2. The van der Waals surface area contributed by atoms with Crippen LogP contribution in [0.4, 0.5) is 0 Å². The largest absolute Gasteiger partial charge is 0.496 e. The number of fused-ring (bicyclic) bond motifs is 1. The number of hydrogen-bond acceptors (Lipinski definition) is 5. The molecule has 2 aromatic carbocycles. The molecule has 0 unspecified atom stereocenters. The molecule has 0 saturated carbocycles. The molecule has 1 heterocycles. The van der Waals surface area contributed by atoms with Crippen molar-refractivity contribution in [2.24, 2.45) is 7.05 Å². The molecule has 0 aliphatic rings. The average molecular weight is 368 g/mol. The maximum absolute atomic E-state index is 12.7. The van der Waals surface area contributed by atoms with E-state index < -0.39 is 15.6 Å². The van der Waals surface area contributed by atoms with Gasteiger partial charge >= 0.3 is 5.76 Å². The van der Waals surface area contributed by atoms with Crippen LogP contribution in [0.5, 0.6) is 5.75 Å². The predicted octanol–water partition coefficient (Wildman–Crippen LogP) is 2.77. The van der Waals surface area contributed by atoms with Crippen molar-refractivity contribution in [1.29, 1.82) is 0 Å². The highest BCUT2D eigenvalue weighted by atomic mass is 35.5. The molecule has 0 saturated heterocycles. The first-order valence-corrected chi connectivity index (χ1v) is 8.99. The van der Waals surface area contributed by atoms with Gasteiger partial charge in [-0.05, 0) is 30.3 Å². The molecule has 0 aliphatic carbocycles. The van der Waals surface area contributed by atoms with E-state index in [9.17, 15) is 13.2 Å². The first-order chi connectivity index (χ1) is 11.3. The SMILES string of the molecule is COc1ccc(Cl)cc1CS(=O)(=O)c1ccc2c(c1)oc(=O)n2C. The Kier molecular flexibility index (Phi) is 4.15. The van der Waals surface area contributed by atoms with E-state index in [1.165, 1.54) is 23.8 Å². The third kappa shape index (κ3) is 2.92. The van der Waals surface area contributed by atoms with Crippen molar-refractivity contribution in [3.63, 3.8) is 0 Å². The number of aryl methyl sites for hydroxylation is 1. The molecule has 0 fully saturated rings. The van der Waals surface area contributed by atoms with Crippen LogP contribution in [-0.2, 0) is 22.6 Å². The Hall–Kier alpha value is -2.25. The van der Waals surface area contributed by atoms with Crippen LogP contribution < -0.4 is 10.5 Å². The Morgan fingerprint density at radius 3 is 2.67 bits per heavy atom. The van der Waals surface area contributed by atoms with Crippen molar-refractivity contribution in [3.8, 4) is 5.75 Å². The average Bonchev–Trinajstić information content (AvgIpc) is 2.81. The molecule has 0 N–H and O–H groups in total. The Labute approximate surface area is 143 Å². The second-order valence-corrected chi connectivity index (χ2v) is 7.70. The number of hydrogen-bond donors (Lipinski definition) is 0. The smallest absolute Gasteiger partial charge is 0.419 e. The molecule has 0 aliphatic heterocycles. The summed E-state index contributed by atoms with van der Waals surface area (Å²) >= 11 is 5.94. The van der Waals surface area contributed by atoms with Gasteiger partial charge in [0.2, 0.25) is 0 Å². The van der Waals surface area contributed by atoms with Crippen LogP contribution in [0.3, 0.4) is 0 Å². The molecule has 6 nitrogen and oxygen atoms in total. The maximum atomic E-state index is 12.7. The molecule has 126 valence electrons. The number of oxazole rings is 1. The molecule has 8 heteroatoms. The topological polar surface area (TPSA) is 78.5 Å². The third-order valence-electron chi connectivity index (χ3n) is 3.71. The molecule has 0 amide bonds. The van der Waals surface area contributed by atoms with Crippen LogP contribution >= 0.6 is 11.6 Å². The molecule has 0 spiro atoms. The summed E-state index contributed by atoms with van der Waals surface area (Å²) in [6, 6.07) is 9.14. The first kappa shape index (κ1) is 16.6. The van der Waals surface area contributed by atoms with Gasteiger partial charge in [-0.25, -0.2) is 13.2 Å².